The van der Waals surface area contributed by atoms with Crippen molar-refractivity contribution in [3.63, 3.8) is 0 Å². The average molecular weight is 444 g/mol. The molecule has 4 N–H and O–H groups in total. The highest BCUT2D eigenvalue weighted by atomic mass is 32.1. The molecule has 166 valence electrons. The van der Waals surface area contributed by atoms with E-state index in [-0.39, 0.29) is 11.8 Å². The van der Waals surface area contributed by atoms with E-state index >= 15 is 0 Å². The second kappa shape index (κ2) is 9.17. The Labute approximate surface area is 186 Å². The highest BCUT2D eigenvalue weighted by Gasteiger charge is 2.21. The summed E-state index contributed by atoms with van der Waals surface area (Å²) in [5.41, 5.74) is 2.33. The standard InChI is InChI=1S/C22H29N5O3S/c1-6-23-20(29)26-21-25-16-11-15(13-7-8-17(24-12-13)22(2,3)30)18(28)14(19(16)31-21)9-10-27(4)5/h7-8,11-12,28,30H,6,9-10H2,1-5H3,(H2,23,25,26,29). The molecule has 3 rings (SSSR count). The molecule has 9 heteroatoms. The summed E-state index contributed by atoms with van der Waals surface area (Å²) in [6.07, 6.45) is 2.27. The van der Waals surface area contributed by atoms with Crippen molar-refractivity contribution in [3.05, 3.63) is 35.7 Å². The minimum Gasteiger partial charge on any atom is -0.507 e. The van der Waals surface area contributed by atoms with Crippen LogP contribution in [-0.4, -0.2) is 58.3 Å². The topological polar surface area (TPSA) is 111 Å². The number of aliphatic hydroxyl groups is 1. The number of rotatable bonds is 7. The number of aromatic nitrogens is 2. The molecule has 0 unspecified atom stereocenters. The van der Waals surface area contributed by atoms with Gasteiger partial charge in [-0.1, -0.05) is 17.4 Å². The van der Waals surface area contributed by atoms with Crippen LogP contribution in [-0.2, 0) is 12.0 Å². The highest BCUT2D eigenvalue weighted by molar-refractivity contribution is 7.22. The molecule has 0 aliphatic rings. The number of fused-ring (bicyclic) bond motifs is 1. The van der Waals surface area contributed by atoms with Gasteiger partial charge in [0.2, 0.25) is 0 Å². The van der Waals surface area contributed by atoms with Gasteiger partial charge in [-0.05, 0) is 53.4 Å². The Morgan fingerprint density at radius 1 is 1.29 bits per heavy atom. The number of hydrogen-bond donors (Lipinski definition) is 4. The zero-order chi connectivity index (χ0) is 22.8. The monoisotopic (exact) mass is 443 g/mol. The first-order valence-corrected chi connectivity index (χ1v) is 11.0. The van der Waals surface area contributed by atoms with Crippen LogP contribution in [0.2, 0.25) is 0 Å². The van der Waals surface area contributed by atoms with E-state index in [1.807, 2.05) is 38.1 Å². The fourth-order valence-electron chi connectivity index (χ4n) is 3.18. The first kappa shape index (κ1) is 22.9. The fourth-order valence-corrected chi connectivity index (χ4v) is 4.19. The summed E-state index contributed by atoms with van der Waals surface area (Å²) in [7, 11) is 3.96. The number of urea groups is 1. The molecule has 0 fully saturated rings. The molecule has 2 aromatic heterocycles. The minimum absolute atomic E-state index is 0.181. The van der Waals surface area contributed by atoms with Gasteiger partial charge in [0.1, 0.15) is 11.4 Å². The summed E-state index contributed by atoms with van der Waals surface area (Å²) in [5, 5.41) is 27.2. The number of anilines is 1. The number of pyridine rings is 1. The molecule has 0 spiro atoms. The summed E-state index contributed by atoms with van der Waals surface area (Å²) >= 11 is 1.34. The molecule has 0 saturated heterocycles. The van der Waals surface area contributed by atoms with Crippen LogP contribution in [0.5, 0.6) is 5.75 Å². The normalized spacial score (nSPS) is 11.8. The largest absolute Gasteiger partial charge is 0.507 e. The van der Waals surface area contributed by atoms with Gasteiger partial charge in [0.15, 0.2) is 5.13 Å². The van der Waals surface area contributed by atoms with Crippen LogP contribution >= 0.6 is 11.3 Å². The van der Waals surface area contributed by atoms with E-state index in [9.17, 15) is 15.0 Å². The lowest BCUT2D eigenvalue weighted by atomic mass is 9.98. The molecule has 0 radical (unpaired) electrons. The number of hydrogen-bond acceptors (Lipinski definition) is 7. The maximum Gasteiger partial charge on any atom is 0.321 e. The van der Waals surface area contributed by atoms with Crippen molar-refractivity contribution >= 4 is 32.7 Å². The highest BCUT2D eigenvalue weighted by Crippen LogP contribution is 2.41. The summed E-state index contributed by atoms with van der Waals surface area (Å²) < 4.78 is 0.843. The van der Waals surface area contributed by atoms with E-state index in [4.69, 9.17) is 0 Å². The summed E-state index contributed by atoms with van der Waals surface area (Å²) in [4.78, 5) is 22.9. The Kier molecular flexibility index (Phi) is 6.78. The molecule has 0 aliphatic heterocycles. The van der Waals surface area contributed by atoms with Gasteiger partial charge >= 0.3 is 6.03 Å². The molecule has 31 heavy (non-hydrogen) atoms. The van der Waals surface area contributed by atoms with Crippen LogP contribution in [0.1, 0.15) is 32.0 Å². The first-order valence-electron chi connectivity index (χ1n) is 10.1. The number of nitrogens with zero attached hydrogens (tertiary/aromatic N) is 3. The van der Waals surface area contributed by atoms with Gasteiger partial charge in [0.05, 0.1) is 15.9 Å². The molecule has 0 aliphatic carbocycles. The maximum atomic E-state index is 11.9. The summed E-state index contributed by atoms with van der Waals surface area (Å²) in [6, 6.07) is 5.08. The van der Waals surface area contributed by atoms with Crippen molar-refractivity contribution < 1.29 is 15.0 Å². The van der Waals surface area contributed by atoms with Crippen molar-refractivity contribution in [1.82, 2.24) is 20.2 Å². The van der Waals surface area contributed by atoms with E-state index in [0.717, 1.165) is 22.4 Å². The Morgan fingerprint density at radius 3 is 2.61 bits per heavy atom. The van der Waals surface area contributed by atoms with E-state index in [1.165, 1.54) is 11.3 Å². The third kappa shape index (κ3) is 5.30. The zero-order valence-electron chi connectivity index (χ0n) is 18.5. The van der Waals surface area contributed by atoms with Gasteiger partial charge in [-0.25, -0.2) is 9.78 Å². The van der Waals surface area contributed by atoms with Crippen LogP contribution in [0.4, 0.5) is 9.93 Å². The third-order valence-electron chi connectivity index (χ3n) is 4.82. The molecule has 2 amide bonds. The number of aromatic hydroxyl groups is 1. The van der Waals surface area contributed by atoms with Crippen LogP contribution in [0.3, 0.4) is 0 Å². The van der Waals surface area contributed by atoms with E-state index in [0.29, 0.717) is 34.9 Å². The van der Waals surface area contributed by atoms with Crippen LogP contribution in [0.15, 0.2) is 24.4 Å². The van der Waals surface area contributed by atoms with Gasteiger partial charge in [-0.15, -0.1) is 0 Å². The molecular weight excluding hydrogens is 414 g/mol. The van der Waals surface area contributed by atoms with Gasteiger partial charge in [-0.2, -0.15) is 0 Å². The number of phenols is 1. The van der Waals surface area contributed by atoms with Crippen molar-refractivity contribution in [1.29, 1.82) is 0 Å². The number of amides is 2. The molecular formula is C22H29N5O3S. The third-order valence-corrected chi connectivity index (χ3v) is 5.86. The van der Waals surface area contributed by atoms with Gasteiger partial charge in [0.25, 0.3) is 0 Å². The predicted molar refractivity (Wildman–Crippen MR) is 125 cm³/mol. The van der Waals surface area contributed by atoms with Gasteiger partial charge in [-0.3, -0.25) is 10.3 Å². The number of nitrogens with one attached hydrogen (secondary N) is 2. The maximum absolute atomic E-state index is 11.9. The number of phenolic OH excluding ortho intramolecular Hbond substituents is 1. The Bertz CT molecular complexity index is 1070. The second-order valence-electron chi connectivity index (χ2n) is 8.15. The van der Waals surface area contributed by atoms with Crippen LogP contribution in [0, 0.1) is 0 Å². The van der Waals surface area contributed by atoms with E-state index in [2.05, 4.69) is 20.6 Å². The average Bonchev–Trinajstić information content (AvgIpc) is 3.08. The van der Waals surface area contributed by atoms with Gasteiger partial charge in [0, 0.05) is 36.0 Å². The number of benzene rings is 1. The molecule has 0 saturated carbocycles. The number of thiazole rings is 1. The van der Waals surface area contributed by atoms with E-state index in [1.54, 1.807) is 26.1 Å². The van der Waals surface area contributed by atoms with Gasteiger partial charge < -0.3 is 20.4 Å². The zero-order valence-corrected chi connectivity index (χ0v) is 19.3. The lowest BCUT2D eigenvalue weighted by Crippen LogP contribution is -2.28. The quantitative estimate of drug-likeness (QED) is 0.445. The van der Waals surface area contributed by atoms with Crippen LogP contribution < -0.4 is 10.6 Å². The molecule has 1 aromatic carbocycles. The first-order chi connectivity index (χ1) is 14.6. The van der Waals surface area contributed by atoms with Crippen molar-refractivity contribution in [2.45, 2.75) is 32.8 Å². The van der Waals surface area contributed by atoms with Crippen molar-refractivity contribution in [2.24, 2.45) is 0 Å². The lowest BCUT2D eigenvalue weighted by Gasteiger charge is -2.17. The second-order valence-corrected chi connectivity index (χ2v) is 9.15. The van der Waals surface area contributed by atoms with Crippen molar-refractivity contribution in [3.8, 4) is 16.9 Å². The predicted octanol–water partition coefficient (Wildman–Crippen LogP) is 3.54. The lowest BCUT2D eigenvalue weighted by molar-refractivity contribution is 0.0739. The fraction of sp³-hybridized carbons (Fsp3) is 0.409. The molecule has 2 heterocycles. The SMILES string of the molecule is CCNC(=O)Nc1nc2cc(-c3ccc(C(C)(C)O)nc3)c(O)c(CCN(C)C)c2s1. The number of likely N-dealkylation sites (N-methyl/N-ethyl adjacent to an activating group) is 1. The van der Waals surface area contributed by atoms with Crippen molar-refractivity contribution in [2.75, 3.05) is 32.5 Å². The molecule has 8 nitrogen and oxygen atoms in total. The van der Waals surface area contributed by atoms with E-state index < -0.39 is 5.60 Å². The molecule has 3 aromatic rings. The number of carbonyl (C=O) groups is 1. The minimum atomic E-state index is -1.05. The van der Waals surface area contributed by atoms with Crippen LogP contribution in [0.25, 0.3) is 21.3 Å². The Balaban J connectivity index is 2.08. The number of carbonyl (C=O) groups excluding carboxylic acids is 1. The Hall–Kier alpha value is -2.75. The summed E-state index contributed by atoms with van der Waals surface area (Å²) in [6.45, 7) is 6.47. The Morgan fingerprint density at radius 2 is 2.03 bits per heavy atom. The summed E-state index contributed by atoms with van der Waals surface area (Å²) in [5.74, 6) is 0.181. The smallest absolute Gasteiger partial charge is 0.321 e. The molecule has 0 bridgehead atoms. The molecule has 0 atom stereocenters.